The smallest absolute Gasteiger partial charge is 0.228 e. The first kappa shape index (κ1) is 17.0. The molecule has 5 heteroatoms. The van der Waals surface area contributed by atoms with Crippen LogP contribution < -0.4 is 15.4 Å². The number of rotatable bonds is 7. The molecule has 0 aromatic heterocycles. The molecule has 0 bridgehead atoms. The van der Waals surface area contributed by atoms with Gasteiger partial charge >= 0.3 is 0 Å². The monoisotopic (exact) mass is 338 g/mol. The van der Waals surface area contributed by atoms with Crippen molar-refractivity contribution >= 4 is 17.5 Å². The Kier molecular flexibility index (Phi) is 5.33. The highest BCUT2D eigenvalue weighted by Gasteiger charge is 2.47. The van der Waals surface area contributed by atoms with Crippen LogP contribution in [0.2, 0.25) is 0 Å². The van der Waals surface area contributed by atoms with Crippen molar-refractivity contribution in [1.29, 1.82) is 0 Å². The van der Waals surface area contributed by atoms with E-state index in [0.29, 0.717) is 13.0 Å². The van der Waals surface area contributed by atoms with Gasteiger partial charge in [-0.3, -0.25) is 9.59 Å². The molecule has 5 nitrogen and oxygen atoms in total. The van der Waals surface area contributed by atoms with Crippen LogP contribution in [0, 0.1) is 11.8 Å². The summed E-state index contributed by atoms with van der Waals surface area (Å²) >= 11 is 0. The van der Waals surface area contributed by atoms with E-state index >= 15 is 0 Å². The lowest BCUT2D eigenvalue weighted by molar-refractivity contribution is -0.125. The standard InChI is InChI=1S/C20H22N2O3/c1-25-16-9-5-6-14(12-16)10-11-21-19(23)17-13-18(17)20(24)22-15-7-3-2-4-8-15/h2-9,12,17-18H,10-11,13H2,1H3,(H,21,23)(H,22,24). The Bertz CT molecular complexity index is 746. The summed E-state index contributed by atoms with van der Waals surface area (Å²) in [6.07, 6.45) is 1.35. The molecule has 2 aromatic carbocycles. The zero-order valence-electron chi connectivity index (χ0n) is 14.2. The van der Waals surface area contributed by atoms with E-state index < -0.39 is 0 Å². The number of nitrogens with one attached hydrogen (secondary N) is 2. The van der Waals surface area contributed by atoms with Crippen LogP contribution in [0.1, 0.15) is 12.0 Å². The van der Waals surface area contributed by atoms with Crippen LogP contribution in [-0.2, 0) is 16.0 Å². The molecular weight excluding hydrogens is 316 g/mol. The van der Waals surface area contributed by atoms with Crippen molar-refractivity contribution in [2.45, 2.75) is 12.8 Å². The zero-order valence-corrected chi connectivity index (χ0v) is 14.2. The van der Waals surface area contributed by atoms with Gasteiger partial charge in [0.1, 0.15) is 5.75 Å². The third-order valence-corrected chi connectivity index (χ3v) is 4.35. The average molecular weight is 338 g/mol. The van der Waals surface area contributed by atoms with Crippen LogP contribution in [0.4, 0.5) is 5.69 Å². The molecule has 0 radical (unpaired) electrons. The molecule has 0 aliphatic heterocycles. The Morgan fingerprint density at radius 2 is 1.80 bits per heavy atom. The van der Waals surface area contributed by atoms with Gasteiger partial charge in [0.2, 0.25) is 11.8 Å². The first-order valence-corrected chi connectivity index (χ1v) is 8.44. The van der Waals surface area contributed by atoms with Crippen LogP contribution >= 0.6 is 0 Å². The molecule has 2 N–H and O–H groups in total. The van der Waals surface area contributed by atoms with Crippen LogP contribution in [0.5, 0.6) is 5.75 Å². The van der Waals surface area contributed by atoms with Crippen LogP contribution in [0.15, 0.2) is 54.6 Å². The van der Waals surface area contributed by atoms with Gasteiger partial charge in [-0.25, -0.2) is 0 Å². The molecule has 2 unspecified atom stereocenters. The molecule has 2 amide bonds. The number of hydrogen-bond donors (Lipinski definition) is 2. The maximum atomic E-state index is 12.2. The van der Waals surface area contributed by atoms with Crippen LogP contribution in [-0.4, -0.2) is 25.5 Å². The van der Waals surface area contributed by atoms with Gasteiger partial charge in [0.15, 0.2) is 0 Å². The SMILES string of the molecule is COc1cccc(CCNC(=O)C2CC2C(=O)Nc2ccccc2)c1. The van der Waals surface area contributed by atoms with Gasteiger partial charge < -0.3 is 15.4 Å². The normalized spacial score (nSPS) is 18.3. The maximum Gasteiger partial charge on any atom is 0.228 e. The minimum absolute atomic E-state index is 0.0453. The Balaban J connectivity index is 1.41. The topological polar surface area (TPSA) is 67.4 Å². The molecule has 130 valence electrons. The second kappa shape index (κ2) is 7.83. The summed E-state index contributed by atoms with van der Waals surface area (Å²) in [5, 5.41) is 5.77. The van der Waals surface area contributed by atoms with E-state index in [1.165, 1.54) is 0 Å². The predicted octanol–water partition coefficient (Wildman–Crippen LogP) is 2.63. The molecule has 0 spiro atoms. The Morgan fingerprint density at radius 1 is 1.04 bits per heavy atom. The van der Waals surface area contributed by atoms with E-state index in [9.17, 15) is 9.59 Å². The van der Waals surface area contributed by atoms with Gasteiger partial charge in [-0.15, -0.1) is 0 Å². The lowest BCUT2D eigenvalue weighted by Crippen LogP contribution is -2.29. The highest BCUT2D eigenvalue weighted by atomic mass is 16.5. The Hall–Kier alpha value is -2.82. The highest BCUT2D eigenvalue weighted by Crippen LogP contribution is 2.39. The first-order valence-electron chi connectivity index (χ1n) is 8.44. The van der Waals surface area contributed by atoms with Crippen molar-refractivity contribution in [2.75, 3.05) is 19.0 Å². The number of methoxy groups -OCH3 is 1. The molecular formula is C20H22N2O3. The van der Waals surface area contributed by atoms with E-state index in [1.54, 1.807) is 7.11 Å². The maximum absolute atomic E-state index is 12.2. The van der Waals surface area contributed by atoms with E-state index in [0.717, 1.165) is 23.4 Å². The van der Waals surface area contributed by atoms with Crippen molar-refractivity contribution in [2.24, 2.45) is 11.8 Å². The van der Waals surface area contributed by atoms with Crippen molar-refractivity contribution in [1.82, 2.24) is 5.32 Å². The summed E-state index contributed by atoms with van der Waals surface area (Å²) in [5.41, 5.74) is 1.87. The number of carbonyl (C=O) groups is 2. The van der Waals surface area contributed by atoms with E-state index in [-0.39, 0.29) is 23.7 Å². The second-order valence-electron chi connectivity index (χ2n) is 6.20. The number of hydrogen-bond acceptors (Lipinski definition) is 3. The number of carbonyl (C=O) groups excluding carboxylic acids is 2. The number of para-hydroxylation sites is 1. The fourth-order valence-electron chi connectivity index (χ4n) is 2.82. The van der Waals surface area contributed by atoms with Crippen molar-refractivity contribution < 1.29 is 14.3 Å². The van der Waals surface area contributed by atoms with Gasteiger partial charge in [0.05, 0.1) is 18.9 Å². The van der Waals surface area contributed by atoms with Crippen molar-refractivity contribution in [3.63, 3.8) is 0 Å². The summed E-state index contributed by atoms with van der Waals surface area (Å²) in [5.74, 6) is 0.241. The summed E-state index contributed by atoms with van der Waals surface area (Å²) in [6, 6.07) is 17.1. The Morgan fingerprint density at radius 3 is 2.56 bits per heavy atom. The molecule has 25 heavy (non-hydrogen) atoms. The van der Waals surface area contributed by atoms with Gasteiger partial charge in [0, 0.05) is 12.2 Å². The lowest BCUT2D eigenvalue weighted by Gasteiger charge is -2.07. The fourth-order valence-corrected chi connectivity index (χ4v) is 2.82. The van der Waals surface area contributed by atoms with Gasteiger partial charge in [-0.2, -0.15) is 0 Å². The van der Waals surface area contributed by atoms with Crippen LogP contribution in [0.25, 0.3) is 0 Å². The summed E-state index contributed by atoms with van der Waals surface area (Å²) in [4.78, 5) is 24.3. The highest BCUT2D eigenvalue weighted by molar-refractivity contribution is 5.99. The average Bonchev–Trinajstić information content (AvgIpc) is 3.44. The number of benzene rings is 2. The summed E-state index contributed by atoms with van der Waals surface area (Å²) in [7, 11) is 1.63. The number of ether oxygens (including phenoxy) is 1. The van der Waals surface area contributed by atoms with Crippen molar-refractivity contribution in [3.8, 4) is 5.75 Å². The van der Waals surface area contributed by atoms with Crippen LogP contribution in [0.3, 0.4) is 0 Å². The summed E-state index contributed by atoms with van der Waals surface area (Å²) < 4.78 is 5.19. The predicted molar refractivity (Wildman–Crippen MR) is 96.4 cm³/mol. The summed E-state index contributed by atoms with van der Waals surface area (Å²) in [6.45, 7) is 0.551. The van der Waals surface area contributed by atoms with E-state index in [4.69, 9.17) is 4.74 Å². The zero-order chi connectivity index (χ0) is 17.6. The largest absolute Gasteiger partial charge is 0.497 e. The number of anilines is 1. The molecule has 1 saturated carbocycles. The quantitative estimate of drug-likeness (QED) is 0.815. The molecule has 2 aromatic rings. The molecule has 1 fully saturated rings. The molecule has 3 rings (SSSR count). The van der Waals surface area contributed by atoms with Gasteiger partial charge in [-0.1, -0.05) is 30.3 Å². The van der Waals surface area contributed by atoms with E-state index in [2.05, 4.69) is 10.6 Å². The minimum atomic E-state index is -0.225. The van der Waals surface area contributed by atoms with Gasteiger partial charge in [-0.05, 0) is 42.7 Å². The minimum Gasteiger partial charge on any atom is -0.497 e. The van der Waals surface area contributed by atoms with Crippen molar-refractivity contribution in [3.05, 3.63) is 60.2 Å². The third kappa shape index (κ3) is 4.59. The number of amides is 2. The molecule has 0 heterocycles. The second-order valence-corrected chi connectivity index (χ2v) is 6.20. The molecule has 2 atom stereocenters. The lowest BCUT2D eigenvalue weighted by atomic mass is 10.1. The first-order chi connectivity index (χ1) is 12.2. The molecule has 1 aliphatic rings. The fraction of sp³-hybridized carbons (Fsp3) is 0.300. The third-order valence-electron chi connectivity index (χ3n) is 4.35. The molecule has 1 aliphatic carbocycles. The Labute approximate surface area is 147 Å². The van der Waals surface area contributed by atoms with E-state index in [1.807, 2.05) is 54.6 Å². The van der Waals surface area contributed by atoms with Gasteiger partial charge in [0.25, 0.3) is 0 Å². The molecule has 0 saturated heterocycles.